The molecular weight excluding hydrogens is 240 g/mol. The summed E-state index contributed by atoms with van der Waals surface area (Å²) in [6.07, 6.45) is 5.13. The molecule has 5 nitrogen and oxygen atoms in total. The van der Waals surface area contributed by atoms with E-state index in [1.165, 1.54) is 12.8 Å². The van der Waals surface area contributed by atoms with Gasteiger partial charge in [0.05, 0.1) is 6.10 Å². The number of hydrogen-bond acceptors (Lipinski definition) is 5. The lowest BCUT2D eigenvalue weighted by molar-refractivity contribution is 0.178. The smallest absolute Gasteiger partial charge is 0.136 e. The number of nitrogens with zero attached hydrogens (tertiary/aromatic N) is 2. The van der Waals surface area contributed by atoms with Crippen LogP contribution >= 0.6 is 0 Å². The number of aliphatic hydroxyl groups is 1. The maximum absolute atomic E-state index is 9.55. The lowest BCUT2D eigenvalue weighted by atomic mass is 10.1. The highest BCUT2D eigenvalue weighted by molar-refractivity contribution is 5.55. The van der Waals surface area contributed by atoms with E-state index in [2.05, 4.69) is 15.3 Å². The van der Waals surface area contributed by atoms with Crippen LogP contribution in [-0.4, -0.2) is 27.7 Å². The first-order valence-corrected chi connectivity index (χ1v) is 7.19. The van der Waals surface area contributed by atoms with Gasteiger partial charge in [-0.05, 0) is 44.9 Å². The Hall–Kier alpha value is -1.36. The van der Waals surface area contributed by atoms with Crippen LogP contribution in [-0.2, 0) is 0 Å². The average Bonchev–Trinajstić information content (AvgIpc) is 3.15. The van der Waals surface area contributed by atoms with Crippen molar-refractivity contribution in [3.05, 3.63) is 11.4 Å². The monoisotopic (exact) mass is 262 g/mol. The number of nitrogen functional groups attached to an aromatic ring is 1. The number of nitrogens with one attached hydrogen (secondary N) is 1. The maximum Gasteiger partial charge on any atom is 0.136 e. The third-order valence-corrected chi connectivity index (χ3v) is 4.21. The predicted molar refractivity (Wildman–Crippen MR) is 75.0 cm³/mol. The molecule has 2 aliphatic carbocycles. The number of aromatic nitrogens is 2. The summed E-state index contributed by atoms with van der Waals surface area (Å²) in [7, 11) is 0. The summed E-state index contributed by atoms with van der Waals surface area (Å²) in [5.41, 5.74) is 6.89. The topological polar surface area (TPSA) is 84.1 Å². The number of aliphatic hydroxyl groups excluding tert-OH is 1. The van der Waals surface area contributed by atoms with Gasteiger partial charge < -0.3 is 16.2 Å². The molecule has 2 atom stereocenters. The molecular formula is C14H22N4O. The molecule has 19 heavy (non-hydrogen) atoms. The predicted octanol–water partition coefficient (Wildman–Crippen LogP) is 1.82. The second-order valence-corrected chi connectivity index (χ2v) is 5.93. The van der Waals surface area contributed by atoms with Crippen molar-refractivity contribution in [1.29, 1.82) is 0 Å². The molecule has 0 aromatic carbocycles. The molecule has 2 fully saturated rings. The molecule has 0 amide bonds. The van der Waals surface area contributed by atoms with Crippen LogP contribution in [0.25, 0.3) is 0 Å². The first kappa shape index (κ1) is 12.7. The fourth-order valence-electron chi connectivity index (χ4n) is 2.72. The van der Waals surface area contributed by atoms with E-state index in [1.54, 1.807) is 0 Å². The van der Waals surface area contributed by atoms with Crippen LogP contribution in [0, 0.1) is 12.8 Å². The van der Waals surface area contributed by atoms with Crippen LogP contribution in [0.3, 0.4) is 0 Å². The van der Waals surface area contributed by atoms with Crippen molar-refractivity contribution in [2.45, 2.75) is 51.0 Å². The normalized spacial score (nSPS) is 26.6. The lowest BCUT2D eigenvalue weighted by Crippen LogP contribution is -2.16. The number of anilines is 2. The Bertz CT molecular complexity index is 473. The Morgan fingerprint density at radius 1 is 1.26 bits per heavy atom. The molecule has 2 saturated carbocycles. The van der Waals surface area contributed by atoms with Crippen LogP contribution in [0.2, 0.25) is 0 Å². The van der Waals surface area contributed by atoms with Crippen LogP contribution in [0.15, 0.2) is 0 Å². The van der Waals surface area contributed by atoms with E-state index in [4.69, 9.17) is 5.73 Å². The zero-order chi connectivity index (χ0) is 13.4. The quantitative estimate of drug-likeness (QED) is 0.770. The van der Waals surface area contributed by atoms with Gasteiger partial charge in [0, 0.05) is 18.0 Å². The summed E-state index contributed by atoms with van der Waals surface area (Å²) in [5.74, 6) is 3.39. The Labute approximate surface area is 113 Å². The largest absolute Gasteiger partial charge is 0.393 e. The molecule has 1 aromatic rings. The van der Waals surface area contributed by atoms with E-state index < -0.39 is 0 Å². The van der Waals surface area contributed by atoms with Crippen molar-refractivity contribution >= 4 is 11.6 Å². The van der Waals surface area contributed by atoms with Gasteiger partial charge in [-0.1, -0.05) is 0 Å². The minimum Gasteiger partial charge on any atom is -0.393 e. The summed E-state index contributed by atoms with van der Waals surface area (Å²) in [5, 5.41) is 12.9. The molecule has 4 N–H and O–H groups in total. The molecule has 0 saturated heterocycles. The van der Waals surface area contributed by atoms with Crippen molar-refractivity contribution in [3.63, 3.8) is 0 Å². The van der Waals surface area contributed by atoms with Gasteiger partial charge in [0.1, 0.15) is 17.5 Å². The summed E-state index contributed by atoms with van der Waals surface area (Å²) < 4.78 is 0. The van der Waals surface area contributed by atoms with Gasteiger partial charge in [-0.15, -0.1) is 0 Å². The molecule has 0 bridgehead atoms. The highest BCUT2D eigenvalue weighted by atomic mass is 16.3. The summed E-state index contributed by atoms with van der Waals surface area (Å²) in [6.45, 7) is 2.82. The van der Waals surface area contributed by atoms with Crippen LogP contribution in [0.5, 0.6) is 0 Å². The van der Waals surface area contributed by atoms with Crippen LogP contribution in [0.4, 0.5) is 11.6 Å². The Kier molecular flexibility index (Phi) is 3.31. The number of hydrogen-bond donors (Lipinski definition) is 3. The zero-order valence-corrected chi connectivity index (χ0v) is 11.4. The number of rotatable bonds is 4. The van der Waals surface area contributed by atoms with E-state index in [0.717, 1.165) is 43.0 Å². The molecule has 2 aliphatic rings. The second-order valence-electron chi connectivity index (χ2n) is 5.93. The van der Waals surface area contributed by atoms with Crippen molar-refractivity contribution < 1.29 is 5.11 Å². The Morgan fingerprint density at radius 3 is 2.68 bits per heavy atom. The molecule has 104 valence electrons. The van der Waals surface area contributed by atoms with Gasteiger partial charge in [-0.25, -0.2) is 9.97 Å². The summed E-state index contributed by atoms with van der Waals surface area (Å²) >= 11 is 0. The fourth-order valence-corrected chi connectivity index (χ4v) is 2.72. The van der Waals surface area contributed by atoms with E-state index >= 15 is 0 Å². The van der Waals surface area contributed by atoms with Crippen LogP contribution in [0.1, 0.15) is 49.4 Å². The third kappa shape index (κ3) is 2.81. The standard InChI is InChI=1S/C14H22N4O/c1-8-12(15)17-14(10-3-4-10)18-13(8)16-7-9-2-5-11(19)6-9/h9-11,19H,2-7H2,1H3,(H3,15,16,17,18). The minimum absolute atomic E-state index is 0.120. The molecule has 0 spiro atoms. The van der Waals surface area contributed by atoms with Gasteiger partial charge in [0.2, 0.25) is 0 Å². The van der Waals surface area contributed by atoms with E-state index in [0.29, 0.717) is 17.7 Å². The first-order valence-electron chi connectivity index (χ1n) is 7.19. The summed E-state index contributed by atoms with van der Waals surface area (Å²) in [6, 6.07) is 0. The second kappa shape index (κ2) is 4.96. The van der Waals surface area contributed by atoms with Gasteiger partial charge >= 0.3 is 0 Å². The minimum atomic E-state index is -0.120. The molecule has 2 unspecified atom stereocenters. The lowest BCUT2D eigenvalue weighted by Gasteiger charge is -2.15. The molecule has 3 rings (SSSR count). The first-order chi connectivity index (χ1) is 9.13. The fraction of sp³-hybridized carbons (Fsp3) is 0.714. The average molecular weight is 262 g/mol. The molecule has 1 aromatic heterocycles. The highest BCUT2D eigenvalue weighted by Gasteiger charge is 2.28. The molecule has 0 radical (unpaired) electrons. The molecule has 5 heteroatoms. The van der Waals surface area contributed by atoms with Crippen LogP contribution < -0.4 is 11.1 Å². The Balaban J connectivity index is 1.69. The van der Waals surface area contributed by atoms with Gasteiger partial charge in [0.25, 0.3) is 0 Å². The van der Waals surface area contributed by atoms with E-state index in [-0.39, 0.29) is 6.10 Å². The molecule has 0 aliphatic heterocycles. The van der Waals surface area contributed by atoms with E-state index in [1.807, 2.05) is 6.92 Å². The van der Waals surface area contributed by atoms with Crippen molar-refractivity contribution in [2.24, 2.45) is 5.92 Å². The van der Waals surface area contributed by atoms with E-state index in [9.17, 15) is 5.11 Å². The zero-order valence-electron chi connectivity index (χ0n) is 11.4. The summed E-state index contributed by atoms with van der Waals surface area (Å²) in [4.78, 5) is 8.98. The highest BCUT2D eigenvalue weighted by Crippen LogP contribution is 2.39. The number of nitrogens with two attached hydrogens (primary N) is 1. The molecule has 1 heterocycles. The SMILES string of the molecule is Cc1c(N)nc(C2CC2)nc1NCC1CCC(O)C1. The van der Waals surface area contributed by atoms with Gasteiger partial charge in [-0.2, -0.15) is 0 Å². The maximum atomic E-state index is 9.55. The van der Waals surface area contributed by atoms with Gasteiger partial charge in [0.15, 0.2) is 0 Å². The van der Waals surface area contributed by atoms with Gasteiger partial charge in [-0.3, -0.25) is 0 Å². The van der Waals surface area contributed by atoms with Crippen molar-refractivity contribution in [2.75, 3.05) is 17.6 Å². The third-order valence-electron chi connectivity index (χ3n) is 4.21. The van der Waals surface area contributed by atoms with Crippen molar-refractivity contribution in [1.82, 2.24) is 9.97 Å². The Morgan fingerprint density at radius 2 is 2.05 bits per heavy atom. The van der Waals surface area contributed by atoms with Crippen molar-refractivity contribution in [3.8, 4) is 0 Å².